The molecule has 1 aromatic rings. The van der Waals surface area contributed by atoms with Crippen LogP contribution in [0.4, 0.5) is 4.79 Å². The summed E-state index contributed by atoms with van der Waals surface area (Å²) < 4.78 is 9.89. The lowest BCUT2D eigenvalue weighted by molar-refractivity contribution is -0.150. The third-order valence-corrected chi connectivity index (χ3v) is 4.25. The topological polar surface area (TPSA) is 114 Å². The molecule has 1 heterocycles. The van der Waals surface area contributed by atoms with Gasteiger partial charge in [0.25, 0.3) is 5.91 Å². The van der Waals surface area contributed by atoms with Gasteiger partial charge in [-0.05, 0) is 32.9 Å². The van der Waals surface area contributed by atoms with Gasteiger partial charge in [-0.2, -0.15) is 0 Å². The zero-order chi connectivity index (χ0) is 21.6. The number of methoxy groups -OCH3 is 1. The Kier molecular flexibility index (Phi) is 9.10. The van der Waals surface area contributed by atoms with E-state index in [1.54, 1.807) is 51.1 Å². The van der Waals surface area contributed by atoms with Gasteiger partial charge in [-0.15, -0.1) is 12.4 Å². The van der Waals surface area contributed by atoms with Crippen molar-refractivity contribution in [3.63, 3.8) is 0 Å². The van der Waals surface area contributed by atoms with Gasteiger partial charge in [-0.3, -0.25) is 9.59 Å². The fraction of sp³-hybridized carbons (Fsp3) is 0.500. The Morgan fingerprint density at radius 3 is 2.33 bits per heavy atom. The molecule has 30 heavy (non-hydrogen) atoms. The summed E-state index contributed by atoms with van der Waals surface area (Å²) in [6, 6.07) is 7.40. The number of nitrogens with one attached hydrogen (secondary N) is 2. The number of ether oxygens (including phenoxy) is 2. The number of alkyl carbamates (subject to hydrolysis) is 1. The quantitative estimate of drug-likeness (QED) is 0.669. The Balaban J connectivity index is 0.00000450. The summed E-state index contributed by atoms with van der Waals surface area (Å²) in [5, 5.41) is 5.22. The molecule has 2 atom stereocenters. The molecule has 0 radical (unpaired) electrons. The molecular formula is C20H28ClN3O6. The van der Waals surface area contributed by atoms with E-state index in [1.165, 1.54) is 12.0 Å². The van der Waals surface area contributed by atoms with E-state index in [1.807, 2.05) is 0 Å². The first kappa shape index (κ1) is 25.2. The first-order valence-electron chi connectivity index (χ1n) is 9.31. The Bertz CT molecular complexity index is 766. The molecule has 1 fully saturated rings. The molecule has 1 saturated heterocycles. The molecule has 0 spiro atoms. The average Bonchev–Trinajstić information content (AvgIpc) is 3.08. The molecule has 2 rings (SSSR count). The average molecular weight is 442 g/mol. The van der Waals surface area contributed by atoms with Crippen LogP contribution in [-0.4, -0.2) is 66.7 Å². The van der Waals surface area contributed by atoms with E-state index in [9.17, 15) is 19.2 Å². The first-order valence-corrected chi connectivity index (χ1v) is 9.31. The highest BCUT2D eigenvalue weighted by Gasteiger charge is 2.41. The van der Waals surface area contributed by atoms with Crippen molar-refractivity contribution in [2.75, 3.05) is 20.2 Å². The van der Waals surface area contributed by atoms with Crippen molar-refractivity contribution in [3.05, 3.63) is 35.9 Å². The van der Waals surface area contributed by atoms with Crippen LogP contribution in [0.5, 0.6) is 0 Å². The number of amides is 3. The van der Waals surface area contributed by atoms with Gasteiger partial charge in [-0.1, -0.05) is 18.2 Å². The predicted molar refractivity (Wildman–Crippen MR) is 111 cm³/mol. The number of hydrogen-bond donors (Lipinski definition) is 2. The summed E-state index contributed by atoms with van der Waals surface area (Å²) >= 11 is 0. The van der Waals surface area contributed by atoms with Crippen LogP contribution >= 0.6 is 12.4 Å². The monoisotopic (exact) mass is 441 g/mol. The zero-order valence-electron chi connectivity index (χ0n) is 17.5. The second-order valence-electron chi connectivity index (χ2n) is 7.71. The van der Waals surface area contributed by atoms with E-state index in [2.05, 4.69) is 10.6 Å². The second kappa shape index (κ2) is 10.8. The van der Waals surface area contributed by atoms with Gasteiger partial charge in [0.2, 0.25) is 5.91 Å². The second-order valence-corrected chi connectivity index (χ2v) is 7.71. The van der Waals surface area contributed by atoms with Gasteiger partial charge in [0, 0.05) is 24.6 Å². The van der Waals surface area contributed by atoms with Crippen molar-refractivity contribution in [1.82, 2.24) is 15.5 Å². The number of likely N-dealkylation sites (tertiary alicyclic amines) is 1. The van der Waals surface area contributed by atoms with E-state index in [-0.39, 0.29) is 37.8 Å². The molecule has 0 bridgehead atoms. The smallest absolute Gasteiger partial charge is 0.408 e. The molecule has 9 nitrogen and oxygen atoms in total. The van der Waals surface area contributed by atoms with Gasteiger partial charge in [0.05, 0.1) is 7.11 Å². The van der Waals surface area contributed by atoms with Crippen molar-refractivity contribution in [2.24, 2.45) is 0 Å². The number of nitrogens with zero attached hydrogens (tertiary/aromatic N) is 1. The van der Waals surface area contributed by atoms with Crippen molar-refractivity contribution in [2.45, 2.75) is 44.9 Å². The first-order chi connectivity index (χ1) is 13.6. The molecule has 0 unspecified atom stereocenters. The molecule has 2 N–H and O–H groups in total. The SMILES string of the molecule is COC(=O)[C@@H]1C[C@H](NC(=O)c2ccccc2)CN1C(=O)CNC(=O)OC(C)(C)C.Cl. The minimum Gasteiger partial charge on any atom is -0.467 e. The number of esters is 1. The lowest BCUT2D eigenvalue weighted by Gasteiger charge is -2.23. The molecule has 10 heteroatoms. The fourth-order valence-electron chi connectivity index (χ4n) is 3.00. The Hall–Kier alpha value is -2.81. The summed E-state index contributed by atoms with van der Waals surface area (Å²) in [4.78, 5) is 50.1. The Labute approximate surface area is 181 Å². The summed E-state index contributed by atoms with van der Waals surface area (Å²) in [5.41, 5.74) is -0.208. The highest BCUT2D eigenvalue weighted by molar-refractivity contribution is 5.94. The maximum absolute atomic E-state index is 12.6. The number of halogens is 1. The molecular weight excluding hydrogens is 414 g/mol. The van der Waals surface area contributed by atoms with Crippen molar-refractivity contribution < 1.29 is 28.7 Å². The predicted octanol–water partition coefficient (Wildman–Crippen LogP) is 1.51. The molecule has 3 amide bonds. The molecule has 166 valence electrons. The maximum atomic E-state index is 12.6. The van der Waals surface area contributed by atoms with Crippen LogP contribution in [0.25, 0.3) is 0 Å². The zero-order valence-corrected chi connectivity index (χ0v) is 18.3. The number of hydrogen-bond acceptors (Lipinski definition) is 6. The Morgan fingerprint density at radius 2 is 1.77 bits per heavy atom. The van der Waals surface area contributed by atoms with E-state index in [0.717, 1.165) is 0 Å². The number of carbonyl (C=O) groups is 4. The van der Waals surface area contributed by atoms with Crippen LogP contribution < -0.4 is 10.6 Å². The van der Waals surface area contributed by atoms with Gasteiger partial charge in [0.15, 0.2) is 0 Å². The van der Waals surface area contributed by atoms with Gasteiger partial charge in [0.1, 0.15) is 18.2 Å². The normalized spacial score (nSPS) is 18.1. The highest BCUT2D eigenvalue weighted by Crippen LogP contribution is 2.20. The summed E-state index contributed by atoms with van der Waals surface area (Å²) in [6.07, 6.45) is -0.503. The minimum absolute atomic E-state index is 0. The largest absolute Gasteiger partial charge is 0.467 e. The molecule has 0 saturated carbocycles. The van der Waals surface area contributed by atoms with E-state index >= 15 is 0 Å². The van der Waals surface area contributed by atoms with Crippen molar-refractivity contribution in [1.29, 1.82) is 0 Å². The standard InChI is InChI=1S/C20H27N3O6.ClH/c1-20(2,3)29-19(27)21-11-16(24)23-12-14(10-15(23)18(26)28-4)22-17(25)13-8-6-5-7-9-13;/h5-9,14-15H,10-12H2,1-4H3,(H,21,27)(H,22,25);1H/t14-,15-;/m0./s1. The van der Waals surface area contributed by atoms with E-state index in [0.29, 0.717) is 5.56 Å². The van der Waals surface area contributed by atoms with Gasteiger partial charge >= 0.3 is 12.1 Å². The lowest BCUT2D eigenvalue weighted by Crippen LogP contribution is -2.47. The van der Waals surface area contributed by atoms with Crippen LogP contribution in [0.2, 0.25) is 0 Å². The van der Waals surface area contributed by atoms with Gasteiger partial charge in [-0.25, -0.2) is 9.59 Å². The van der Waals surface area contributed by atoms with Crippen LogP contribution in [-0.2, 0) is 19.1 Å². The van der Waals surface area contributed by atoms with E-state index < -0.39 is 35.7 Å². The van der Waals surface area contributed by atoms with Crippen LogP contribution in [0.15, 0.2) is 30.3 Å². The van der Waals surface area contributed by atoms with Crippen molar-refractivity contribution >= 4 is 36.3 Å². The fourth-order valence-corrected chi connectivity index (χ4v) is 3.00. The summed E-state index contributed by atoms with van der Waals surface area (Å²) in [5.74, 6) is -1.34. The molecule has 1 aliphatic heterocycles. The molecule has 1 aliphatic rings. The third kappa shape index (κ3) is 7.22. The highest BCUT2D eigenvalue weighted by atomic mass is 35.5. The number of benzene rings is 1. The van der Waals surface area contributed by atoms with Crippen LogP contribution in [0.1, 0.15) is 37.6 Å². The van der Waals surface area contributed by atoms with Crippen LogP contribution in [0.3, 0.4) is 0 Å². The van der Waals surface area contributed by atoms with Gasteiger partial charge < -0.3 is 25.0 Å². The molecule has 0 aliphatic carbocycles. The summed E-state index contributed by atoms with van der Waals surface area (Å²) in [7, 11) is 1.24. The van der Waals surface area contributed by atoms with Crippen LogP contribution in [0, 0.1) is 0 Å². The Morgan fingerprint density at radius 1 is 1.13 bits per heavy atom. The maximum Gasteiger partial charge on any atom is 0.408 e. The lowest BCUT2D eigenvalue weighted by atomic mass is 10.1. The number of carbonyl (C=O) groups excluding carboxylic acids is 4. The summed E-state index contributed by atoms with van der Waals surface area (Å²) in [6.45, 7) is 4.93. The minimum atomic E-state index is -0.839. The van der Waals surface area contributed by atoms with Crippen molar-refractivity contribution in [3.8, 4) is 0 Å². The number of rotatable bonds is 5. The van der Waals surface area contributed by atoms with E-state index in [4.69, 9.17) is 9.47 Å². The molecule has 0 aromatic heterocycles. The molecule has 1 aromatic carbocycles. The third-order valence-electron chi connectivity index (χ3n) is 4.25.